The Labute approximate surface area is 159 Å². The molecule has 0 N–H and O–H groups in total. The molecule has 2 unspecified atom stereocenters. The summed E-state index contributed by atoms with van der Waals surface area (Å²) in [5, 5.41) is 3.39. The molecule has 0 bridgehead atoms. The molecule has 2 aliphatic heterocycles. The van der Waals surface area contributed by atoms with Crippen LogP contribution in [0.4, 0.5) is 0 Å². The number of unbranched alkanes of at least 4 members (excludes halogenated alkanes) is 3. The van der Waals surface area contributed by atoms with E-state index >= 15 is 0 Å². The standard InChI is InChI=1S/C19H20OS4/c1-2-3-4-5-6-12-7-14(21-11-12)15-9-17-19(24-15)18-16(23-17)8-13(10-20)22-18/h7-11,17,19H,2-6H2,1H3. The molecule has 2 aromatic heterocycles. The fourth-order valence-corrected chi connectivity index (χ4v) is 8.80. The minimum atomic E-state index is 0.508. The van der Waals surface area contributed by atoms with E-state index in [9.17, 15) is 4.79 Å². The van der Waals surface area contributed by atoms with Gasteiger partial charge in [-0.1, -0.05) is 32.3 Å². The van der Waals surface area contributed by atoms with Crippen LogP contribution in [0.3, 0.4) is 0 Å². The molecule has 2 aromatic rings. The highest BCUT2D eigenvalue weighted by atomic mass is 32.2. The fourth-order valence-electron chi connectivity index (χ4n) is 3.21. The number of thiophene rings is 2. The van der Waals surface area contributed by atoms with Crippen LogP contribution in [-0.4, -0.2) is 11.5 Å². The molecule has 0 amide bonds. The number of aldehydes is 1. The van der Waals surface area contributed by atoms with E-state index in [2.05, 4.69) is 30.5 Å². The molecule has 0 saturated carbocycles. The predicted octanol–water partition coefficient (Wildman–Crippen LogP) is 7.05. The summed E-state index contributed by atoms with van der Waals surface area (Å²) in [4.78, 5) is 17.5. The first kappa shape index (κ1) is 17.0. The summed E-state index contributed by atoms with van der Waals surface area (Å²) in [6.45, 7) is 2.26. The molecule has 2 atom stereocenters. The van der Waals surface area contributed by atoms with Gasteiger partial charge in [-0.3, -0.25) is 4.79 Å². The minimum absolute atomic E-state index is 0.508. The first-order chi connectivity index (χ1) is 11.8. The van der Waals surface area contributed by atoms with Crippen molar-refractivity contribution in [1.29, 1.82) is 0 Å². The quantitative estimate of drug-likeness (QED) is 0.371. The molecule has 126 valence electrons. The molecule has 24 heavy (non-hydrogen) atoms. The first-order valence-electron chi connectivity index (χ1n) is 8.50. The van der Waals surface area contributed by atoms with Crippen molar-refractivity contribution in [3.05, 3.63) is 43.8 Å². The zero-order valence-corrected chi connectivity index (χ0v) is 16.9. The van der Waals surface area contributed by atoms with E-state index in [0.29, 0.717) is 10.5 Å². The van der Waals surface area contributed by atoms with Crippen LogP contribution in [0.5, 0.6) is 0 Å². The molecule has 0 radical (unpaired) electrons. The van der Waals surface area contributed by atoms with Crippen LogP contribution in [0.2, 0.25) is 0 Å². The van der Waals surface area contributed by atoms with Crippen molar-refractivity contribution in [3.8, 4) is 0 Å². The SMILES string of the molecule is CCCCCCc1csc(C2=CC3Sc4cc(C=O)sc4C3S2)c1. The molecule has 4 heterocycles. The Morgan fingerprint density at radius 2 is 2.08 bits per heavy atom. The molecule has 4 rings (SSSR count). The van der Waals surface area contributed by atoms with Gasteiger partial charge >= 0.3 is 0 Å². The zero-order chi connectivity index (χ0) is 16.5. The Morgan fingerprint density at radius 1 is 1.17 bits per heavy atom. The number of aryl methyl sites for hydroxylation is 1. The van der Waals surface area contributed by atoms with Crippen molar-refractivity contribution in [2.75, 3.05) is 0 Å². The van der Waals surface area contributed by atoms with Crippen LogP contribution in [0.25, 0.3) is 4.91 Å². The van der Waals surface area contributed by atoms with Crippen LogP contribution < -0.4 is 0 Å². The lowest BCUT2D eigenvalue weighted by atomic mass is 10.1. The van der Waals surface area contributed by atoms with Crippen LogP contribution in [-0.2, 0) is 6.42 Å². The van der Waals surface area contributed by atoms with E-state index in [4.69, 9.17) is 0 Å². The summed E-state index contributed by atoms with van der Waals surface area (Å²) >= 11 is 7.48. The highest BCUT2D eigenvalue weighted by Gasteiger charge is 2.40. The van der Waals surface area contributed by atoms with Crippen LogP contribution in [0, 0.1) is 0 Å². The molecule has 2 aliphatic rings. The number of rotatable bonds is 7. The minimum Gasteiger partial charge on any atom is -0.297 e. The maximum absolute atomic E-state index is 11.0. The van der Waals surface area contributed by atoms with Gasteiger partial charge < -0.3 is 0 Å². The van der Waals surface area contributed by atoms with Gasteiger partial charge in [0.05, 0.1) is 10.1 Å². The number of hydrogen-bond donors (Lipinski definition) is 0. The van der Waals surface area contributed by atoms with Gasteiger partial charge in [-0.15, -0.1) is 46.2 Å². The van der Waals surface area contributed by atoms with E-state index in [0.717, 1.165) is 11.2 Å². The maximum atomic E-state index is 11.0. The predicted molar refractivity (Wildman–Crippen MR) is 110 cm³/mol. The number of carbonyl (C=O) groups excluding carboxylic acids is 1. The van der Waals surface area contributed by atoms with E-state index < -0.39 is 0 Å². The highest BCUT2D eigenvalue weighted by molar-refractivity contribution is 8.11. The highest BCUT2D eigenvalue weighted by Crippen LogP contribution is 2.62. The van der Waals surface area contributed by atoms with E-state index in [1.54, 1.807) is 11.3 Å². The van der Waals surface area contributed by atoms with Gasteiger partial charge in [-0.25, -0.2) is 0 Å². The number of hydrogen-bond acceptors (Lipinski definition) is 5. The van der Waals surface area contributed by atoms with Crippen molar-refractivity contribution < 1.29 is 4.79 Å². The molecule has 0 saturated heterocycles. The van der Waals surface area contributed by atoms with Crippen LogP contribution in [0.15, 0.2) is 28.5 Å². The zero-order valence-electron chi connectivity index (χ0n) is 13.6. The number of thioether (sulfide) groups is 2. The van der Waals surface area contributed by atoms with Gasteiger partial charge in [0, 0.05) is 24.8 Å². The third-order valence-corrected chi connectivity index (χ3v) is 9.87. The smallest absolute Gasteiger partial charge is 0.160 e. The maximum Gasteiger partial charge on any atom is 0.160 e. The van der Waals surface area contributed by atoms with Crippen molar-refractivity contribution >= 4 is 57.4 Å². The van der Waals surface area contributed by atoms with Crippen molar-refractivity contribution in [2.45, 2.75) is 54.4 Å². The largest absolute Gasteiger partial charge is 0.297 e. The lowest BCUT2D eigenvalue weighted by Gasteiger charge is -2.06. The first-order valence-corrected chi connectivity index (χ1v) is 12.0. The topological polar surface area (TPSA) is 17.1 Å². The monoisotopic (exact) mass is 392 g/mol. The molecule has 1 nitrogen and oxygen atoms in total. The molecule has 0 aliphatic carbocycles. The summed E-state index contributed by atoms with van der Waals surface area (Å²) in [6, 6.07) is 4.46. The van der Waals surface area contributed by atoms with Gasteiger partial charge in [0.2, 0.25) is 0 Å². The van der Waals surface area contributed by atoms with E-state index in [1.165, 1.54) is 57.2 Å². The third kappa shape index (κ3) is 3.28. The Bertz CT molecular complexity index is 770. The second-order valence-corrected chi connectivity index (χ2v) is 10.7. The normalized spacial score (nSPS) is 21.6. The second-order valence-electron chi connectivity index (χ2n) is 6.28. The average Bonchev–Trinajstić information content (AvgIpc) is 3.31. The summed E-state index contributed by atoms with van der Waals surface area (Å²) < 4.78 is 0. The van der Waals surface area contributed by atoms with Crippen LogP contribution in [0.1, 0.15) is 62.8 Å². The lowest BCUT2D eigenvalue weighted by molar-refractivity contribution is 0.112. The van der Waals surface area contributed by atoms with Crippen molar-refractivity contribution in [3.63, 3.8) is 0 Å². The summed E-state index contributed by atoms with van der Waals surface area (Å²) in [7, 11) is 0. The van der Waals surface area contributed by atoms with Crippen molar-refractivity contribution in [1.82, 2.24) is 0 Å². The van der Waals surface area contributed by atoms with Crippen molar-refractivity contribution in [2.24, 2.45) is 0 Å². The Hall–Kier alpha value is -0.490. The molecule has 0 aromatic carbocycles. The summed E-state index contributed by atoms with van der Waals surface area (Å²) in [5.41, 5.74) is 1.50. The molecule has 5 heteroatoms. The van der Waals surface area contributed by atoms with Gasteiger partial charge in [0.15, 0.2) is 6.29 Å². The van der Waals surface area contributed by atoms with Gasteiger partial charge in [0.1, 0.15) is 0 Å². The van der Waals surface area contributed by atoms with Gasteiger partial charge in [-0.2, -0.15) is 0 Å². The molecular weight excluding hydrogens is 372 g/mol. The van der Waals surface area contributed by atoms with Gasteiger partial charge in [0.25, 0.3) is 0 Å². The molecular formula is C19H20OS4. The Kier molecular flexibility index (Phi) is 5.23. The van der Waals surface area contributed by atoms with Crippen LogP contribution >= 0.6 is 46.2 Å². The lowest BCUT2D eigenvalue weighted by Crippen LogP contribution is -1.95. The Balaban J connectivity index is 1.42. The second kappa shape index (κ2) is 7.40. The van der Waals surface area contributed by atoms with E-state index in [-0.39, 0.29) is 0 Å². The van der Waals surface area contributed by atoms with Gasteiger partial charge in [-0.05, 0) is 35.9 Å². The number of fused-ring (bicyclic) bond motifs is 3. The third-order valence-electron chi connectivity index (χ3n) is 4.47. The van der Waals surface area contributed by atoms with E-state index in [1.807, 2.05) is 34.9 Å². The average molecular weight is 393 g/mol. The summed E-state index contributed by atoms with van der Waals surface area (Å²) in [6.07, 6.45) is 9.95. The molecule has 0 fully saturated rings. The summed E-state index contributed by atoms with van der Waals surface area (Å²) in [5.74, 6) is 0. The Morgan fingerprint density at radius 3 is 2.92 bits per heavy atom. The fraction of sp³-hybridized carbons (Fsp3) is 0.421. The number of carbonyl (C=O) groups is 1. The molecule has 0 spiro atoms.